The van der Waals surface area contributed by atoms with Gasteiger partial charge in [-0.05, 0) is 61.5 Å². The summed E-state index contributed by atoms with van der Waals surface area (Å²) < 4.78 is 24.6. The Kier molecular flexibility index (Phi) is 4.93. The summed E-state index contributed by atoms with van der Waals surface area (Å²) in [4.78, 5) is 34.5. The van der Waals surface area contributed by atoms with Crippen LogP contribution in [0, 0.1) is 5.82 Å². The molecular formula is C24H18FN3O5. The molecule has 0 bridgehead atoms. The van der Waals surface area contributed by atoms with Gasteiger partial charge in [0.1, 0.15) is 29.1 Å². The molecule has 1 fully saturated rings. The topological polar surface area (TPSA) is 109 Å². The molecule has 1 aliphatic heterocycles. The number of Topliss-reactive ketones (excluding diaryl/α,β-unsaturated/α-hetero) is 1. The monoisotopic (exact) mass is 447 g/mol. The minimum atomic E-state index is -1.07. The predicted molar refractivity (Wildman–Crippen MR) is 117 cm³/mol. The molecule has 1 unspecified atom stereocenters. The van der Waals surface area contributed by atoms with Gasteiger partial charge < -0.3 is 19.2 Å². The van der Waals surface area contributed by atoms with Crippen LogP contribution in [0.15, 0.2) is 70.9 Å². The lowest BCUT2D eigenvalue weighted by molar-refractivity contribution is -0.132. The largest absolute Gasteiger partial charge is 0.507 e. The van der Waals surface area contributed by atoms with Crippen LogP contribution >= 0.6 is 0 Å². The van der Waals surface area contributed by atoms with Gasteiger partial charge in [-0.1, -0.05) is 0 Å². The third-order valence-corrected chi connectivity index (χ3v) is 5.36. The Morgan fingerprint density at radius 3 is 2.70 bits per heavy atom. The molecule has 1 atom stereocenters. The van der Waals surface area contributed by atoms with E-state index in [2.05, 4.69) is 9.97 Å². The molecule has 8 nitrogen and oxygen atoms in total. The number of halogens is 1. The Labute approximate surface area is 186 Å². The Balaban J connectivity index is 1.65. The number of furan rings is 1. The summed E-state index contributed by atoms with van der Waals surface area (Å²) in [6.45, 7) is 2.33. The van der Waals surface area contributed by atoms with Crippen LogP contribution in [0.5, 0.6) is 5.75 Å². The first-order valence-corrected chi connectivity index (χ1v) is 10.2. The molecule has 9 heteroatoms. The Morgan fingerprint density at radius 1 is 1.21 bits per heavy atom. The van der Waals surface area contributed by atoms with Gasteiger partial charge in [-0.25, -0.2) is 9.37 Å². The standard InChI is InChI=1S/C24H18FN3O5/c1-2-32-15-8-5-13(6-9-15)21(29)19-20(18-4-3-11-33-18)28(23(31)22(19)30)24-26-16-10-7-14(25)12-17(16)27-24/h3-12,20,29H,2H2,1H3,(H,26,27)/b21-19+. The average molecular weight is 447 g/mol. The zero-order valence-corrected chi connectivity index (χ0v) is 17.4. The van der Waals surface area contributed by atoms with E-state index in [9.17, 15) is 19.1 Å². The number of aromatic nitrogens is 2. The summed E-state index contributed by atoms with van der Waals surface area (Å²) in [5, 5.41) is 11.1. The predicted octanol–water partition coefficient (Wildman–Crippen LogP) is 4.32. The van der Waals surface area contributed by atoms with Gasteiger partial charge in [-0.15, -0.1) is 0 Å². The number of ether oxygens (including phenoxy) is 1. The van der Waals surface area contributed by atoms with Crippen LogP contribution in [0.25, 0.3) is 16.8 Å². The molecule has 0 aliphatic carbocycles. The second-order valence-electron chi connectivity index (χ2n) is 7.36. The van der Waals surface area contributed by atoms with Crippen LogP contribution in [0.1, 0.15) is 24.3 Å². The van der Waals surface area contributed by atoms with Crippen molar-refractivity contribution in [2.24, 2.45) is 0 Å². The number of carbonyl (C=O) groups excluding carboxylic acids is 2. The first kappa shape index (κ1) is 20.5. The fourth-order valence-corrected chi connectivity index (χ4v) is 3.88. The van der Waals surface area contributed by atoms with Gasteiger partial charge in [0.15, 0.2) is 0 Å². The minimum Gasteiger partial charge on any atom is -0.507 e. The number of H-pyrrole nitrogens is 1. The number of amides is 1. The normalized spacial score (nSPS) is 17.8. The summed E-state index contributed by atoms with van der Waals surface area (Å²) in [7, 11) is 0. The van der Waals surface area contributed by atoms with Crippen LogP contribution in [-0.4, -0.2) is 33.4 Å². The zero-order chi connectivity index (χ0) is 23.1. The van der Waals surface area contributed by atoms with Crippen molar-refractivity contribution in [3.63, 3.8) is 0 Å². The summed E-state index contributed by atoms with van der Waals surface area (Å²) in [6, 6.07) is 12.6. The van der Waals surface area contributed by atoms with Crippen molar-refractivity contribution in [3.8, 4) is 5.75 Å². The van der Waals surface area contributed by atoms with Crippen molar-refractivity contribution in [1.29, 1.82) is 0 Å². The molecule has 0 saturated carbocycles. The molecule has 1 saturated heterocycles. The van der Waals surface area contributed by atoms with Crippen molar-refractivity contribution >= 4 is 34.4 Å². The number of carbonyl (C=O) groups is 2. The number of fused-ring (bicyclic) bond motifs is 1. The van der Waals surface area contributed by atoms with Gasteiger partial charge in [0, 0.05) is 5.56 Å². The number of benzene rings is 2. The third kappa shape index (κ3) is 3.43. The van der Waals surface area contributed by atoms with Crippen molar-refractivity contribution in [2.75, 3.05) is 11.5 Å². The van der Waals surface area contributed by atoms with E-state index in [0.717, 1.165) is 4.90 Å². The van der Waals surface area contributed by atoms with E-state index in [1.54, 1.807) is 36.4 Å². The lowest BCUT2D eigenvalue weighted by Gasteiger charge is -2.20. The fraction of sp³-hybridized carbons (Fsp3) is 0.125. The van der Waals surface area contributed by atoms with Crippen LogP contribution in [0.4, 0.5) is 10.3 Å². The van der Waals surface area contributed by atoms with Gasteiger partial charge >= 0.3 is 5.91 Å². The number of hydrogen-bond acceptors (Lipinski definition) is 6. The molecule has 166 valence electrons. The van der Waals surface area contributed by atoms with Crippen LogP contribution in [0.2, 0.25) is 0 Å². The van der Waals surface area contributed by atoms with Crippen LogP contribution in [0.3, 0.4) is 0 Å². The van der Waals surface area contributed by atoms with E-state index in [1.165, 1.54) is 24.5 Å². The van der Waals surface area contributed by atoms with Crippen molar-refractivity contribution in [1.82, 2.24) is 9.97 Å². The number of aliphatic hydroxyl groups is 1. The van der Waals surface area contributed by atoms with Crippen LogP contribution in [-0.2, 0) is 9.59 Å². The second-order valence-corrected chi connectivity index (χ2v) is 7.36. The lowest BCUT2D eigenvalue weighted by Crippen LogP contribution is -2.30. The Morgan fingerprint density at radius 2 is 2.00 bits per heavy atom. The number of nitrogens with one attached hydrogen (secondary N) is 1. The first-order chi connectivity index (χ1) is 16.0. The molecular weight excluding hydrogens is 429 g/mol. The maximum absolute atomic E-state index is 13.6. The summed E-state index contributed by atoms with van der Waals surface area (Å²) in [5.74, 6) is -1.73. The van der Waals surface area contributed by atoms with Gasteiger partial charge in [0.25, 0.3) is 5.78 Å². The van der Waals surface area contributed by atoms with Crippen molar-refractivity contribution < 1.29 is 28.2 Å². The van der Waals surface area contributed by atoms with E-state index in [0.29, 0.717) is 29.0 Å². The Hall–Kier alpha value is -4.40. The maximum Gasteiger partial charge on any atom is 0.302 e. The van der Waals surface area contributed by atoms with E-state index >= 15 is 0 Å². The highest BCUT2D eigenvalue weighted by Gasteiger charge is 2.49. The number of anilines is 1. The molecule has 33 heavy (non-hydrogen) atoms. The first-order valence-electron chi connectivity index (χ1n) is 10.2. The zero-order valence-electron chi connectivity index (χ0n) is 17.4. The van der Waals surface area contributed by atoms with Gasteiger partial charge in [-0.3, -0.25) is 14.5 Å². The highest BCUT2D eigenvalue weighted by Crippen LogP contribution is 2.42. The van der Waals surface area contributed by atoms with Crippen LogP contribution < -0.4 is 9.64 Å². The molecule has 0 spiro atoms. The smallest absolute Gasteiger partial charge is 0.302 e. The molecule has 2 N–H and O–H groups in total. The van der Waals surface area contributed by atoms with Crippen molar-refractivity contribution in [2.45, 2.75) is 13.0 Å². The summed E-state index contributed by atoms with van der Waals surface area (Å²) >= 11 is 0. The van der Waals surface area contributed by atoms with Gasteiger partial charge in [-0.2, -0.15) is 0 Å². The molecule has 2 aromatic heterocycles. The quantitative estimate of drug-likeness (QED) is 0.268. The second kappa shape index (κ2) is 7.94. The molecule has 0 radical (unpaired) electrons. The SMILES string of the molecule is CCOc1ccc(/C(O)=C2\C(=O)C(=O)N(c3nc4ccc(F)cc4[nH]3)C2c2ccco2)cc1. The van der Waals surface area contributed by atoms with E-state index in [4.69, 9.17) is 9.15 Å². The number of ketones is 1. The van der Waals surface area contributed by atoms with E-state index in [-0.39, 0.29) is 23.0 Å². The number of imidazole rings is 1. The maximum atomic E-state index is 13.6. The molecule has 2 aromatic carbocycles. The molecule has 5 rings (SSSR count). The number of aromatic amines is 1. The summed E-state index contributed by atoms with van der Waals surface area (Å²) in [5.41, 5.74) is 0.958. The Bertz CT molecular complexity index is 1390. The van der Waals surface area contributed by atoms with Crippen molar-refractivity contribution in [3.05, 3.63) is 83.6 Å². The van der Waals surface area contributed by atoms with Gasteiger partial charge in [0.2, 0.25) is 5.95 Å². The average Bonchev–Trinajstić information content (AvgIpc) is 3.53. The third-order valence-electron chi connectivity index (χ3n) is 5.36. The molecule has 3 heterocycles. The van der Waals surface area contributed by atoms with Gasteiger partial charge in [0.05, 0.1) is 29.5 Å². The number of aliphatic hydroxyl groups excluding tert-OH is 1. The molecule has 4 aromatic rings. The molecule has 1 aliphatic rings. The highest BCUT2D eigenvalue weighted by atomic mass is 19.1. The number of rotatable bonds is 5. The van der Waals surface area contributed by atoms with E-state index in [1.807, 2.05) is 6.92 Å². The van der Waals surface area contributed by atoms with E-state index < -0.39 is 23.5 Å². The molecule has 1 amide bonds. The lowest BCUT2D eigenvalue weighted by atomic mass is 9.99. The highest BCUT2D eigenvalue weighted by molar-refractivity contribution is 6.51. The number of hydrogen-bond donors (Lipinski definition) is 2. The summed E-state index contributed by atoms with van der Waals surface area (Å²) in [6.07, 6.45) is 1.40. The minimum absolute atomic E-state index is 0.0323. The fourth-order valence-electron chi connectivity index (χ4n) is 3.88. The number of nitrogens with zero attached hydrogens (tertiary/aromatic N) is 2.